The van der Waals surface area contributed by atoms with Crippen molar-refractivity contribution in [2.24, 2.45) is 0 Å². The van der Waals surface area contributed by atoms with E-state index in [-0.39, 0.29) is 12.5 Å². The highest BCUT2D eigenvalue weighted by Gasteiger charge is 2.28. The van der Waals surface area contributed by atoms with Crippen LogP contribution in [-0.2, 0) is 14.8 Å². The first-order valence-electron chi connectivity index (χ1n) is 8.28. The van der Waals surface area contributed by atoms with E-state index in [1.807, 2.05) is 4.90 Å². The van der Waals surface area contributed by atoms with Crippen LogP contribution >= 0.6 is 11.6 Å². The van der Waals surface area contributed by atoms with E-state index in [2.05, 4.69) is 5.32 Å². The summed E-state index contributed by atoms with van der Waals surface area (Å²) in [6.45, 7) is 1.96. The van der Waals surface area contributed by atoms with E-state index in [4.69, 9.17) is 11.6 Å². The van der Waals surface area contributed by atoms with Crippen molar-refractivity contribution < 1.29 is 13.2 Å². The third-order valence-electron chi connectivity index (χ3n) is 4.19. The van der Waals surface area contributed by atoms with Crippen molar-refractivity contribution in [2.45, 2.75) is 4.90 Å². The highest BCUT2D eigenvalue weighted by molar-refractivity contribution is 7.89. The van der Waals surface area contributed by atoms with Gasteiger partial charge in [-0.2, -0.15) is 4.31 Å². The fraction of sp³-hybridized carbons (Fsp3) is 0.278. The molecule has 0 aromatic heterocycles. The molecular formula is C18H20ClN3O3S. The Morgan fingerprint density at radius 1 is 1.00 bits per heavy atom. The van der Waals surface area contributed by atoms with E-state index < -0.39 is 10.0 Å². The Kier molecular flexibility index (Phi) is 5.93. The van der Waals surface area contributed by atoms with Crippen molar-refractivity contribution in [2.75, 3.05) is 38.0 Å². The van der Waals surface area contributed by atoms with Gasteiger partial charge in [-0.15, -0.1) is 0 Å². The van der Waals surface area contributed by atoms with Crippen molar-refractivity contribution >= 4 is 33.2 Å². The van der Waals surface area contributed by atoms with Crippen LogP contribution in [0.3, 0.4) is 0 Å². The van der Waals surface area contributed by atoms with Gasteiger partial charge < -0.3 is 5.32 Å². The summed E-state index contributed by atoms with van der Waals surface area (Å²) >= 11 is 5.91. The number of piperazine rings is 1. The summed E-state index contributed by atoms with van der Waals surface area (Å²) in [5, 5.41) is 3.36. The second-order valence-corrected chi connectivity index (χ2v) is 8.43. The molecular weight excluding hydrogens is 374 g/mol. The second kappa shape index (κ2) is 8.18. The van der Waals surface area contributed by atoms with E-state index in [0.717, 1.165) is 0 Å². The molecule has 3 rings (SSSR count). The highest BCUT2D eigenvalue weighted by Crippen LogP contribution is 2.18. The predicted octanol–water partition coefficient (Wildman–Crippen LogP) is 2.28. The van der Waals surface area contributed by atoms with Gasteiger partial charge in [0.2, 0.25) is 15.9 Å². The largest absolute Gasteiger partial charge is 0.325 e. The molecule has 2 aromatic carbocycles. The summed E-state index contributed by atoms with van der Waals surface area (Å²) in [5.74, 6) is -0.147. The molecule has 0 atom stereocenters. The number of hydrogen-bond donors (Lipinski definition) is 1. The predicted molar refractivity (Wildman–Crippen MR) is 102 cm³/mol. The van der Waals surface area contributed by atoms with Gasteiger partial charge in [0, 0.05) is 36.9 Å². The number of anilines is 1. The fourth-order valence-corrected chi connectivity index (χ4v) is 4.47. The first-order valence-corrected chi connectivity index (χ1v) is 10.1. The minimum absolute atomic E-state index is 0.147. The average molecular weight is 394 g/mol. The molecule has 1 aliphatic heterocycles. The molecule has 0 spiro atoms. The lowest BCUT2D eigenvalue weighted by atomic mass is 10.3. The van der Waals surface area contributed by atoms with E-state index in [9.17, 15) is 13.2 Å². The summed E-state index contributed by atoms with van der Waals surface area (Å²) in [6.07, 6.45) is 0. The molecule has 0 radical (unpaired) electrons. The van der Waals surface area contributed by atoms with Gasteiger partial charge >= 0.3 is 0 Å². The maximum absolute atomic E-state index is 12.6. The Bertz CT molecular complexity index is 866. The lowest BCUT2D eigenvalue weighted by Gasteiger charge is -2.33. The van der Waals surface area contributed by atoms with Crippen LogP contribution in [-0.4, -0.2) is 56.3 Å². The van der Waals surface area contributed by atoms with E-state index in [1.54, 1.807) is 54.6 Å². The number of amides is 1. The van der Waals surface area contributed by atoms with Crippen LogP contribution in [0.15, 0.2) is 59.5 Å². The Balaban J connectivity index is 1.53. The van der Waals surface area contributed by atoms with Crippen LogP contribution in [0.2, 0.25) is 5.02 Å². The molecule has 1 N–H and O–H groups in total. The topological polar surface area (TPSA) is 69.7 Å². The summed E-state index contributed by atoms with van der Waals surface area (Å²) in [7, 11) is -3.48. The molecule has 0 bridgehead atoms. The SMILES string of the molecule is O=C(CN1CCN(S(=O)(=O)c2ccccc2)CC1)Nc1cccc(Cl)c1. The number of halogens is 1. The molecule has 138 valence electrons. The number of nitrogens with zero attached hydrogens (tertiary/aromatic N) is 2. The highest BCUT2D eigenvalue weighted by atomic mass is 35.5. The molecule has 1 amide bonds. The molecule has 1 heterocycles. The number of rotatable bonds is 5. The Labute approximate surface area is 158 Å². The smallest absolute Gasteiger partial charge is 0.243 e. The van der Waals surface area contributed by atoms with Crippen molar-refractivity contribution in [3.63, 3.8) is 0 Å². The monoisotopic (exact) mass is 393 g/mol. The zero-order chi connectivity index (χ0) is 18.6. The Hall–Kier alpha value is -1.93. The molecule has 0 saturated carbocycles. The van der Waals surface area contributed by atoms with Gasteiger partial charge in [-0.1, -0.05) is 35.9 Å². The van der Waals surface area contributed by atoms with Gasteiger partial charge in [0.1, 0.15) is 0 Å². The quantitative estimate of drug-likeness (QED) is 0.846. The van der Waals surface area contributed by atoms with E-state index in [1.165, 1.54) is 4.31 Å². The molecule has 8 heteroatoms. The maximum Gasteiger partial charge on any atom is 0.243 e. The maximum atomic E-state index is 12.6. The molecule has 2 aromatic rings. The Morgan fingerprint density at radius 2 is 1.69 bits per heavy atom. The Morgan fingerprint density at radius 3 is 2.35 bits per heavy atom. The molecule has 1 fully saturated rings. The molecule has 26 heavy (non-hydrogen) atoms. The van der Waals surface area contributed by atoms with Gasteiger partial charge in [-0.05, 0) is 30.3 Å². The molecule has 6 nitrogen and oxygen atoms in total. The zero-order valence-corrected chi connectivity index (χ0v) is 15.7. The number of nitrogens with one attached hydrogen (secondary N) is 1. The van der Waals surface area contributed by atoms with Crippen molar-refractivity contribution in [1.82, 2.24) is 9.21 Å². The second-order valence-electron chi connectivity index (χ2n) is 6.05. The minimum Gasteiger partial charge on any atom is -0.325 e. The van der Waals surface area contributed by atoms with Crippen LogP contribution < -0.4 is 5.32 Å². The standard InChI is InChI=1S/C18H20ClN3O3S/c19-15-5-4-6-16(13-15)20-18(23)14-21-9-11-22(12-10-21)26(24,25)17-7-2-1-3-8-17/h1-8,13H,9-12,14H2,(H,20,23). The van der Waals surface area contributed by atoms with Gasteiger partial charge in [-0.25, -0.2) is 8.42 Å². The van der Waals surface area contributed by atoms with Gasteiger partial charge in [0.05, 0.1) is 11.4 Å². The number of sulfonamides is 1. The van der Waals surface area contributed by atoms with Crippen LogP contribution in [0.5, 0.6) is 0 Å². The number of hydrogen-bond acceptors (Lipinski definition) is 4. The first kappa shape index (κ1) is 18.8. The molecule has 1 saturated heterocycles. The van der Waals surface area contributed by atoms with E-state index in [0.29, 0.717) is 41.8 Å². The van der Waals surface area contributed by atoms with Gasteiger partial charge in [0.15, 0.2) is 0 Å². The normalized spacial score (nSPS) is 16.3. The van der Waals surface area contributed by atoms with Crippen molar-refractivity contribution in [1.29, 1.82) is 0 Å². The zero-order valence-electron chi connectivity index (χ0n) is 14.1. The van der Waals surface area contributed by atoms with Crippen molar-refractivity contribution in [3.05, 3.63) is 59.6 Å². The summed E-state index contributed by atoms with van der Waals surface area (Å²) in [6, 6.07) is 15.4. The summed E-state index contributed by atoms with van der Waals surface area (Å²) in [4.78, 5) is 14.4. The fourth-order valence-electron chi connectivity index (χ4n) is 2.84. The third-order valence-corrected chi connectivity index (χ3v) is 6.34. The summed E-state index contributed by atoms with van der Waals surface area (Å²) < 4.78 is 26.7. The molecule has 0 unspecified atom stereocenters. The van der Waals surface area contributed by atoms with Gasteiger partial charge in [0.25, 0.3) is 0 Å². The average Bonchev–Trinajstić information content (AvgIpc) is 2.63. The molecule has 1 aliphatic rings. The third kappa shape index (κ3) is 4.62. The lowest BCUT2D eigenvalue weighted by Crippen LogP contribution is -2.50. The number of carbonyl (C=O) groups excluding carboxylic acids is 1. The minimum atomic E-state index is -3.48. The van der Waals surface area contributed by atoms with Crippen molar-refractivity contribution in [3.8, 4) is 0 Å². The first-order chi connectivity index (χ1) is 12.4. The summed E-state index contributed by atoms with van der Waals surface area (Å²) in [5.41, 5.74) is 0.646. The lowest BCUT2D eigenvalue weighted by molar-refractivity contribution is -0.117. The van der Waals surface area contributed by atoms with Crippen LogP contribution in [0.4, 0.5) is 5.69 Å². The van der Waals surface area contributed by atoms with Crippen LogP contribution in [0.25, 0.3) is 0 Å². The van der Waals surface area contributed by atoms with E-state index >= 15 is 0 Å². The van der Waals surface area contributed by atoms with Crippen LogP contribution in [0, 0.1) is 0 Å². The molecule has 0 aliphatic carbocycles. The number of carbonyl (C=O) groups is 1. The van der Waals surface area contributed by atoms with Gasteiger partial charge in [-0.3, -0.25) is 9.69 Å². The number of benzene rings is 2. The van der Waals surface area contributed by atoms with Crippen LogP contribution in [0.1, 0.15) is 0 Å².